The molecule has 0 bridgehead atoms. The minimum absolute atomic E-state index is 0.369. The Hall–Kier alpha value is -4.33. The topological polar surface area (TPSA) is 96.3 Å². The summed E-state index contributed by atoms with van der Waals surface area (Å²) in [7, 11) is 0. The van der Waals surface area contributed by atoms with Gasteiger partial charge in [-0.3, -0.25) is 15.1 Å². The molecule has 6 aromatic rings. The third-order valence-corrected chi connectivity index (χ3v) is 5.42. The Balaban J connectivity index is 1.57. The molecule has 2 N–H and O–H groups in total. The largest absolute Gasteiger partial charge is 0.472 e. The number of fused-ring (bicyclic) bond motifs is 2. The number of pyridine rings is 2. The number of hydrogen-bond acceptors (Lipinski definition) is 5. The number of halogens is 1. The van der Waals surface area contributed by atoms with Crippen molar-refractivity contribution in [3.8, 4) is 33.9 Å². The molecule has 0 fully saturated rings. The number of aromatic amines is 2. The lowest BCUT2D eigenvalue weighted by molar-refractivity contribution is 0.568. The van der Waals surface area contributed by atoms with Gasteiger partial charge in [-0.15, -0.1) is 0 Å². The molecule has 0 radical (unpaired) electrons. The van der Waals surface area contributed by atoms with Gasteiger partial charge in [-0.25, -0.2) is 9.37 Å². The first-order chi connectivity index (χ1) is 15.2. The van der Waals surface area contributed by atoms with Gasteiger partial charge in [-0.05, 0) is 42.8 Å². The van der Waals surface area contributed by atoms with E-state index in [1.54, 1.807) is 37.2 Å². The second kappa shape index (κ2) is 6.60. The van der Waals surface area contributed by atoms with Gasteiger partial charge in [0.1, 0.15) is 22.7 Å². The van der Waals surface area contributed by atoms with E-state index in [2.05, 4.69) is 25.1 Å². The Morgan fingerprint density at radius 1 is 0.968 bits per heavy atom. The maximum absolute atomic E-state index is 15.7. The summed E-state index contributed by atoms with van der Waals surface area (Å²) in [5.74, 6) is 0.0870. The van der Waals surface area contributed by atoms with Crippen LogP contribution in [0.2, 0.25) is 0 Å². The monoisotopic (exact) mass is 410 g/mol. The molecule has 0 atom stereocenters. The van der Waals surface area contributed by atoms with Crippen LogP contribution in [-0.2, 0) is 0 Å². The Morgan fingerprint density at radius 3 is 2.74 bits per heavy atom. The fourth-order valence-corrected chi connectivity index (χ4v) is 3.86. The van der Waals surface area contributed by atoms with Crippen molar-refractivity contribution in [1.82, 2.24) is 30.1 Å². The molecule has 0 aliphatic carbocycles. The maximum atomic E-state index is 15.7. The van der Waals surface area contributed by atoms with Crippen LogP contribution in [0.5, 0.6) is 0 Å². The maximum Gasteiger partial charge on any atom is 0.159 e. The van der Waals surface area contributed by atoms with E-state index in [0.717, 1.165) is 22.2 Å². The molecule has 0 spiro atoms. The minimum Gasteiger partial charge on any atom is -0.472 e. The van der Waals surface area contributed by atoms with Crippen molar-refractivity contribution in [3.05, 3.63) is 72.8 Å². The normalized spacial score (nSPS) is 11.5. The number of benzene rings is 1. The van der Waals surface area contributed by atoms with Crippen LogP contribution in [0.1, 0.15) is 5.56 Å². The zero-order valence-electron chi connectivity index (χ0n) is 16.3. The van der Waals surface area contributed by atoms with Gasteiger partial charge in [0.2, 0.25) is 0 Å². The number of aromatic nitrogens is 6. The molecular weight excluding hydrogens is 395 g/mol. The Bertz CT molecular complexity index is 1560. The first-order valence-electron chi connectivity index (χ1n) is 9.66. The molecule has 150 valence electrons. The van der Waals surface area contributed by atoms with Crippen LogP contribution in [0.15, 0.2) is 65.9 Å². The van der Waals surface area contributed by atoms with Gasteiger partial charge in [0.15, 0.2) is 5.82 Å². The average Bonchev–Trinajstić information content (AvgIpc) is 3.53. The molecule has 0 aliphatic rings. The van der Waals surface area contributed by atoms with E-state index in [1.165, 1.54) is 0 Å². The molecule has 0 saturated heterocycles. The van der Waals surface area contributed by atoms with Crippen molar-refractivity contribution in [2.24, 2.45) is 0 Å². The van der Waals surface area contributed by atoms with Crippen molar-refractivity contribution in [3.63, 3.8) is 0 Å². The van der Waals surface area contributed by atoms with E-state index in [-0.39, 0.29) is 5.82 Å². The van der Waals surface area contributed by atoms with Crippen LogP contribution in [0.4, 0.5) is 4.39 Å². The van der Waals surface area contributed by atoms with Crippen molar-refractivity contribution in [1.29, 1.82) is 0 Å². The number of nitrogens with one attached hydrogen (secondary N) is 2. The second-order valence-corrected chi connectivity index (χ2v) is 7.27. The molecule has 0 amide bonds. The fraction of sp³-hybridized carbons (Fsp3) is 0.0435. The molecule has 31 heavy (non-hydrogen) atoms. The molecule has 5 heterocycles. The van der Waals surface area contributed by atoms with Gasteiger partial charge in [-0.1, -0.05) is 0 Å². The van der Waals surface area contributed by atoms with Crippen LogP contribution in [0.3, 0.4) is 0 Å². The van der Waals surface area contributed by atoms with Gasteiger partial charge in [0.25, 0.3) is 0 Å². The highest BCUT2D eigenvalue weighted by molar-refractivity contribution is 5.98. The highest BCUT2D eigenvalue weighted by Crippen LogP contribution is 2.35. The summed E-state index contributed by atoms with van der Waals surface area (Å²) in [6.07, 6.45) is 8.26. The third kappa shape index (κ3) is 2.65. The van der Waals surface area contributed by atoms with Crippen LogP contribution in [-0.4, -0.2) is 30.1 Å². The van der Waals surface area contributed by atoms with Gasteiger partial charge < -0.3 is 9.40 Å². The third-order valence-electron chi connectivity index (χ3n) is 5.42. The number of rotatable bonds is 3. The number of furan rings is 1. The lowest BCUT2D eigenvalue weighted by Crippen LogP contribution is -1.91. The summed E-state index contributed by atoms with van der Waals surface area (Å²) in [6, 6.07) is 9.06. The van der Waals surface area contributed by atoms with Crippen molar-refractivity contribution in [2.45, 2.75) is 6.92 Å². The molecule has 0 unspecified atom stereocenters. The first kappa shape index (κ1) is 17.5. The second-order valence-electron chi connectivity index (χ2n) is 7.27. The smallest absolute Gasteiger partial charge is 0.159 e. The lowest BCUT2D eigenvalue weighted by Gasteiger charge is -2.07. The SMILES string of the molecule is Cc1ccncc1-c1ccc2[nH]nc(-c3nc4c(-c5ccoc5)nccc4[nH]3)c2c1F. The fourth-order valence-electron chi connectivity index (χ4n) is 3.86. The van der Waals surface area contributed by atoms with Crippen LogP contribution in [0.25, 0.3) is 55.8 Å². The highest BCUT2D eigenvalue weighted by atomic mass is 19.1. The minimum atomic E-state index is -0.369. The summed E-state index contributed by atoms with van der Waals surface area (Å²) in [5.41, 5.74) is 6.08. The number of nitrogens with zero attached hydrogens (tertiary/aromatic N) is 4. The van der Waals surface area contributed by atoms with E-state index >= 15 is 4.39 Å². The first-order valence-corrected chi connectivity index (χ1v) is 9.66. The molecule has 0 saturated carbocycles. The summed E-state index contributed by atoms with van der Waals surface area (Å²) in [6.45, 7) is 1.93. The number of H-pyrrole nitrogens is 2. The average molecular weight is 410 g/mol. The van der Waals surface area contributed by atoms with Crippen LogP contribution in [0, 0.1) is 12.7 Å². The molecule has 8 heteroatoms. The van der Waals surface area contributed by atoms with E-state index in [0.29, 0.717) is 39.2 Å². The van der Waals surface area contributed by atoms with Crippen molar-refractivity contribution in [2.75, 3.05) is 0 Å². The number of aryl methyl sites for hydroxylation is 1. The number of hydrogen-bond donors (Lipinski definition) is 2. The van der Waals surface area contributed by atoms with E-state index in [9.17, 15) is 0 Å². The van der Waals surface area contributed by atoms with E-state index < -0.39 is 0 Å². The van der Waals surface area contributed by atoms with E-state index in [1.807, 2.05) is 31.2 Å². The van der Waals surface area contributed by atoms with E-state index in [4.69, 9.17) is 9.40 Å². The van der Waals surface area contributed by atoms with Crippen LogP contribution < -0.4 is 0 Å². The lowest BCUT2D eigenvalue weighted by atomic mass is 10.00. The van der Waals surface area contributed by atoms with Crippen molar-refractivity contribution >= 4 is 21.9 Å². The zero-order chi connectivity index (χ0) is 20.9. The predicted molar refractivity (Wildman–Crippen MR) is 115 cm³/mol. The molecule has 1 aromatic carbocycles. The van der Waals surface area contributed by atoms with Gasteiger partial charge >= 0.3 is 0 Å². The van der Waals surface area contributed by atoms with Crippen LogP contribution >= 0.6 is 0 Å². The molecule has 7 nitrogen and oxygen atoms in total. The summed E-state index contributed by atoms with van der Waals surface area (Å²) < 4.78 is 20.9. The Kier molecular flexibility index (Phi) is 3.73. The quantitative estimate of drug-likeness (QED) is 0.414. The summed E-state index contributed by atoms with van der Waals surface area (Å²) in [5, 5.41) is 7.64. The summed E-state index contributed by atoms with van der Waals surface area (Å²) >= 11 is 0. The Morgan fingerprint density at radius 2 is 1.90 bits per heavy atom. The molecule has 0 aliphatic heterocycles. The summed E-state index contributed by atoms with van der Waals surface area (Å²) in [4.78, 5) is 16.5. The number of imidazole rings is 1. The zero-order valence-corrected chi connectivity index (χ0v) is 16.3. The molecular formula is C23H15FN6O. The van der Waals surface area contributed by atoms with Gasteiger partial charge in [-0.2, -0.15) is 5.10 Å². The van der Waals surface area contributed by atoms with Gasteiger partial charge in [0.05, 0.1) is 28.9 Å². The van der Waals surface area contributed by atoms with Gasteiger partial charge in [0, 0.05) is 35.3 Å². The predicted octanol–water partition coefficient (Wildman–Crippen LogP) is 5.27. The standard InChI is InChI=1S/C23H15FN6O/c1-12-4-7-25-10-15(12)14-2-3-16-18(19(14)24)22(30-29-16)23-27-17-5-8-26-20(21(17)28-23)13-6-9-31-11-13/h2-11H,1H3,(H,27,28)(H,29,30). The highest BCUT2D eigenvalue weighted by Gasteiger charge is 2.21. The Labute approximate surface area is 175 Å². The molecule has 5 aromatic heterocycles. The molecule has 6 rings (SSSR count). The van der Waals surface area contributed by atoms with Crippen molar-refractivity contribution < 1.29 is 8.81 Å².